The molecule has 0 atom stereocenters. The molecule has 0 amide bonds. The summed E-state index contributed by atoms with van der Waals surface area (Å²) in [4.78, 5) is 13.5. The molecule has 0 aliphatic rings. The lowest BCUT2D eigenvalue weighted by Gasteiger charge is -2.06. The van der Waals surface area contributed by atoms with Gasteiger partial charge in [0.25, 0.3) is 0 Å². The van der Waals surface area contributed by atoms with Gasteiger partial charge in [0.2, 0.25) is 0 Å². The number of pyridine rings is 1. The number of nitrogens with zero attached hydrogens (tertiary/aromatic N) is 3. The van der Waals surface area contributed by atoms with Crippen LogP contribution in [-0.4, -0.2) is 20.1 Å². The molecule has 0 aliphatic heterocycles. The summed E-state index contributed by atoms with van der Waals surface area (Å²) in [5, 5.41) is 9.42. The predicted molar refractivity (Wildman–Crippen MR) is 103 cm³/mol. The number of phenolic OH excluding ortho intramolecular Hbond substituents is 1. The van der Waals surface area contributed by atoms with Crippen molar-refractivity contribution in [3.05, 3.63) is 72.6 Å². The minimum Gasteiger partial charge on any atom is -0.508 e. The summed E-state index contributed by atoms with van der Waals surface area (Å²) in [5.74, 6) is 1.55. The van der Waals surface area contributed by atoms with Gasteiger partial charge in [0.05, 0.1) is 11.7 Å². The van der Waals surface area contributed by atoms with Gasteiger partial charge in [-0.05, 0) is 41.5 Å². The highest BCUT2D eigenvalue weighted by atomic mass is 32.1. The summed E-state index contributed by atoms with van der Waals surface area (Å²) in [6, 6.07) is 17.1. The Morgan fingerprint density at radius 3 is 2.20 bits per heavy atom. The first-order chi connectivity index (χ1) is 12.2. The summed E-state index contributed by atoms with van der Waals surface area (Å²) in [7, 11) is 0. The van der Waals surface area contributed by atoms with Crippen LogP contribution in [0.25, 0.3) is 33.5 Å². The second-order valence-electron chi connectivity index (χ2n) is 5.72. The summed E-state index contributed by atoms with van der Waals surface area (Å²) >= 11 is 4.29. The third-order valence-electron chi connectivity index (χ3n) is 4.03. The third-order valence-corrected chi connectivity index (χ3v) is 4.39. The van der Waals surface area contributed by atoms with Crippen LogP contribution in [0.15, 0.2) is 67.0 Å². The molecule has 0 saturated heterocycles. The quantitative estimate of drug-likeness (QED) is 0.537. The van der Waals surface area contributed by atoms with Crippen molar-refractivity contribution >= 4 is 23.7 Å². The molecule has 122 valence electrons. The summed E-state index contributed by atoms with van der Waals surface area (Å²) in [5.41, 5.74) is 5.66. The van der Waals surface area contributed by atoms with Crippen LogP contribution in [0.1, 0.15) is 5.56 Å². The van der Waals surface area contributed by atoms with Crippen molar-refractivity contribution < 1.29 is 5.11 Å². The van der Waals surface area contributed by atoms with Gasteiger partial charge in [-0.25, -0.2) is 9.97 Å². The van der Waals surface area contributed by atoms with E-state index >= 15 is 0 Å². The molecular formula is C20H15N3OS. The van der Waals surface area contributed by atoms with Gasteiger partial charge in [0, 0.05) is 23.1 Å². The SMILES string of the molecule is Oc1ccc(-c2ncc3ncc(-c4ccc(CS)cc4)cc3n2)cc1. The number of hydrogen-bond donors (Lipinski definition) is 2. The van der Waals surface area contributed by atoms with Gasteiger partial charge in [0.1, 0.15) is 11.3 Å². The Hall–Kier alpha value is -2.92. The zero-order valence-electron chi connectivity index (χ0n) is 13.3. The molecule has 0 saturated carbocycles. The zero-order valence-corrected chi connectivity index (χ0v) is 14.2. The summed E-state index contributed by atoms with van der Waals surface area (Å²) in [6.07, 6.45) is 3.56. The summed E-state index contributed by atoms with van der Waals surface area (Å²) in [6.45, 7) is 0. The smallest absolute Gasteiger partial charge is 0.159 e. The second kappa shape index (κ2) is 6.53. The van der Waals surface area contributed by atoms with Gasteiger partial charge in [-0.15, -0.1) is 0 Å². The first-order valence-corrected chi connectivity index (χ1v) is 8.48. The Morgan fingerprint density at radius 2 is 1.48 bits per heavy atom. The van der Waals surface area contributed by atoms with Gasteiger partial charge >= 0.3 is 0 Å². The molecule has 4 rings (SSSR count). The Bertz CT molecular complexity index is 1030. The first-order valence-electron chi connectivity index (χ1n) is 7.85. The monoisotopic (exact) mass is 345 g/mol. The molecule has 0 radical (unpaired) electrons. The van der Waals surface area contributed by atoms with Crippen LogP contribution in [0, 0.1) is 0 Å². The maximum Gasteiger partial charge on any atom is 0.159 e. The van der Waals surface area contributed by atoms with Gasteiger partial charge in [-0.1, -0.05) is 24.3 Å². The molecule has 1 N–H and O–H groups in total. The van der Waals surface area contributed by atoms with E-state index in [1.165, 1.54) is 5.56 Å². The van der Waals surface area contributed by atoms with Gasteiger partial charge in [-0.3, -0.25) is 4.98 Å². The number of phenols is 1. The molecule has 0 unspecified atom stereocenters. The lowest BCUT2D eigenvalue weighted by atomic mass is 10.1. The normalized spacial score (nSPS) is 10.9. The van der Waals surface area contributed by atoms with E-state index in [1.54, 1.807) is 30.5 Å². The Balaban J connectivity index is 1.76. The number of aromatic nitrogens is 3. The standard InChI is InChI=1S/C20H15N3OS/c24-17-7-5-15(6-8-17)20-22-11-19-18(23-20)9-16(10-21-19)14-3-1-13(12-25)2-4-14/h1-11,24-25H,12H2. The zero-order chi connectivity index (χ0) is 17.2. The predicted octanol–water partition coefficient (Wildman–Crippen LogP) is 4.49. The highest BCUT2D eigenvalue weighted by Gasteiger charge is 2.06. The molecule has 2 aromatic heterocycles. The minimum absolute atomic E-state index is 0.221. The van der Waals surface area contributed by atoms with Crippen molar-refractivity contribution in [3.63, 3.8) is 0 Å². The number of rotatable bonds is 3. The Kier molecular flexibility index (Phi) is 4.07. The van der Waals surface area contributed by atoms with Crippen molar-refractivity contribution in [1.82, 2.24) is 15.0 Å². The molecule has 4 aromatic rings. The van der Waals surface area contributed by atoms with Crippen molar-refractivity contribution in [1.29, 1.82) is 0 Å². The van der Waals surface area contributed by atoms with Gasteiger partial charge in [-0.2, -0.15) is 12.6 Å². The van der Waals surface area contributed by atoms with Gasteiger partial charge in [0.15, 0.2) is 5.82 Å². The fourth-order valence-electron chi connectivity index (χ4n) is 2.63. The van der Waals surface area contributed by atoms with Crippen LogP contribution in [0.2, 0.25) is 0 Å². The van der Waals surface area contributed by atoms with E-state index in [4.69, 9.17) is 0 Å². The minimum atomic E-state index is 0.221. The largest absolute Gasteiger partial charge is 0.508 e. The lowest BCUT2D eigenvalue weighted by molar-refractivity contribution is 0.475. The van der Waals surface area contributed by atoms with E-state index in [0.717, 1.165) is 33.5 Å². The van der Waals surface area contributed by atoms with Crippen LogP contribution in [0.5, 0.6) is 5.75 Å². The second-order valence-corrected chi connectivity index (χ2v) is 6.04. The Labute approximate surface area is 150 Å². The highest BCUT2D eigenvalue weighted by Crippen LogP contribution is 2.24. The van der Waals surface area contributed by atoms with E-state index in [2.05, 4.69) is 51.8 Å². The van der Waals surface area contributed by atoms with E-state index in [1.807, 2.05) is 12.3 Å². The van der Waals surface area contributed by atoms with Crippen LogP contribution >= 0.6 is 12.6 Å². The van der Waals surface area contributed by atoms with Crippen molar-refractivity contribution in [2.45, 2.75) is 5.75 Å². The van der Waals surface area contributed by atoms with Gasteiger partial charge < -0.3 is 5.11 Å². The van der Waals surface area contributed by atoms with E-state index in [-0.39, 0.29) is 5.75 Å². The topological polar surface area (TPSA) is 58.9 Å². The van der Waals surface area contributed by atoms with E-state index in [9.17, 15) is 5.11 Å². The molecule has 2 heterocycles. The first kappa shape index (κ1) is 15.6. The highest BCUT2D eigenvalue weighted by molar-refractivity contribution is 7.79. The molecule has 0 aliphatic carbocycles. The molecule has 4 nitrogen and oxygen atoms in total. The van der Waals surface area contributed by atoms with Crippen molar-refractivity contribution in [2.75, 3.05) is 0 Å². The average Bonchev–Trinajstić information content (AvgIpc) is 2.68. The molecular weight excluding hydrogens is 330 g/mol. The molecule has 5 heteroatoms. The molecule has 0 bridgehead atoms. The lowest BCUT2D eigenvalue weighted by Crippen LogP contribution is -1.92. The Morgan fingerprint density at radius 1 is 0.760 bits per heavy atom. The fraction of sp³-hybridized carbons (Fsp3) is 0.0500. The molecule has 2 aromatic carbocycles. The van der Waals surface area contributed by atoms with Crippen LogP contribution in [0.3, 0.4) is 0 Å². The van der Waals surface area contributed by atoms with Crippen molar-refractivity contribution in [3.8, 4) is 28.3 Å². The number of hydrogen-bond acceptors (Lipinski definition) is 5. The van der Waals surface area contributed by atoms with E-state index in [0.29, 0.717) is 5.82 Å². The average molecular weight is 345 g/mol. The molecule has 25 heavy (non-hydrogen) atoms. The molecule has 0 fully saturated rings. The maximum atomic E-state index is 9.42. The number of thiol groups is 1. The maximum absolute atomic E-state index is 9.42. The number of aromatic hydroxyl groups is 1. The number of benzene rings is 2. The van der Waals surface area contributed by atoms with Crippen LogP contribution in [0.4, 0.5) is 0 Å². The summed E-state index contributed by atoms with van der Waals surface area (Å²) < 4.78 is 0. The van der Waals surface area contributed by atoms with E-state index < -0.39 is 0 Å². The molecule has 0 spiro atoms. The van der Waals surface area contributed by atoms with Crippen LogP contribution < -0.4 is 0 Å². The van der Waals surface area contributed by atoms with Crippen LogP contribution in [-0.2, 0) is 5.75 Å². The third kappa shape index (κ3) is 3.19. The number of fused-ring (bicyclic) bond motifs is 1. The van der Waals surface area contributed by atoms with Crippen molar-refractivity contribution in [2.24, 2.45) is 0 Å². The fourth-order valence-corrected chi connectivity index (χ4v) is 2.84.